The number of anilines is 1. The van der Waals surface area contributed by atoms with Crippen LogP contribution in [0.25, 0.3) is 0 Å². The lowest BCUT2D eigenvalue weighted by Crippen LogP contribution is -2.27. The summed E-state index contributed by atoms with van der Waals surface area (Å²) in [6.07, 6.45) is 1.29. The van der Waals surface area contributed by atoms with Gasteiger partial charge < -0.3 is 14.7 Å². The molecule has 1 aliphatic rings. The van der Waals surface area contributed by atoms with Crippen molar-refractivity contribution in [3.05, 3.63) is 59.1 Å². The van der Waals surface area contributed by atoms with E-state index in [1.807, 2.05) is 41.3 Å². The molecule has 1 amide bonds. The molecule has 23 heavy (non-hydrogen) atoms. The number of ether oxygens (including phenoxy) is 1. The summed E-state index contributed by atoms with van der Waals surface area (Å²) in [7, 11) is 0. The van der Waals surface area contributed by atoms with Crippen LogP contribution in [0.15, 0.2) is 48.5 Å². The lowest BCUT2D eigenvalue weighted by atomic mass is 10.0. The third kappa shape index (κ3) is 3.49. The maximum absolute atomic E-state index is 12.3. The highest BCUT2D eigenvalue weighted by Crippen LogP contribution is 2.38. The van der Waals surface area contributed by atoms with Crippen LogP contribution in [0.4, 0.5) is 5.69 Å². The summed E-state index contributed by atoms with van der Waals surface area (Å²) >= 11 is 5.94. The maximum atomic E-state index is 12.3. The van der Waals surface area contributed by atoms with E-state index in [0.717, 1.165) is 17.7 Å². The number of hydrogen-bond acceptors (Lipinski definition) is 3. The van der Waals surface area contributed by atoms with Crippen LogP contribution in [0.5, 0.6) is 5.75 Å². The summed E-state index contributed by atoms with van der Waals surface area (Å²) in [5.74, 6) is 0.811. The van der Waals surface area contributed by atoms with Gasteiger partial charge >= 0.3 is 0 Å². The fourth-order valence-corrected chi connectivity index (χ4v) is 3.03. The van der Waals surface area contributed by atoms with Crippen molar-refractivity contribution < 1.29 is 14.6 Å². The van der Waals surface area contributed by atoms with Crippen LogP contribution in [-0.4, -0.2) is 24.2 Å². The predicted molar refractivity (Wildman–Crippen MR) is 89.9 cm³/mol. The molecule has 1 aliphatic heterocycles. The van der Waals surface area contributed by atoms with Crippen molar-refractivity contribution in [3.8, 4) is 5.75 Å². The monoisotopic (exact) mass is 331 g/mol. The van der Waals surface area contributed by atoms with Gasteiger partial charge in [0.1, 0.15) is 12.4 Å². The Morgan fingerprint density at radius 1 is 1.22 bits per heavy atom. The number of carbonyl (C=O) groups is 1. The zero-order valence-corrected chi connectivity index (χ0v) is 13.4. The van der Waals surface area contributed by atoms with E-state index in [4.69, 9.17) is 21.4 Å². The first-order chi connectivity index (χ1) is 11.2. The number of rotatable bonds is 5. The molecule has 2 aromatic carbocycles. The Bertz CT molecular complexity index is 687. The summed E-state index contributed by atoms with van der Waals surface area (Å²) in [5.41, 5.74) is 1.88. The Hall–Kier alpha value is -2.04. The van der Waals surface area contributed by atoms with Crippen LogP contribution in [0.2, 0.25) is 5.02 Å². The van der Waals surface area contributed by atoms with E-state index < -0.39 is 0 Å². The van der Waals surface area contributed by atoms with E-state index in [1.54, 1.807) is 12.1 Å². The SMILES string of the molecule is O=C1CC[C@H](c2cccc(OCCO)c2)N1c1ccc(Cl)cc1. The number of aliphatic hydroxyl groups is 1. The average Bonchev–Trinajstić information content (AvgIpc) is 2.96. The molecule has 2 aromatic rings. The van der Waals surface area contributed by atoms with Gasteiger partial charge in [0, 0.05) is 17.1 Å². The number of hydrogen-bond donors (Lipinski definition) is 1. The molecule has 4 nitrogen and oxygen atoms in total. The molecule has 0 unspecified atom stereocenters. The zero-order valence-electron chi connectivity index (χ0n) is 12.6. The van der Waals surface area contributed by atoms with Crippen LogP contribution < -0.4 is 9.64 Å². The highest BCUT2D eigenvalue weighted by molar-refractivity contribution is 6.30. The van der Waals surface area contributed by atoms with Gasteiger partial charge in [0.2, 0.25) is 5.91 Å². The molecular formula is C18H18ClNO3. The first-order valence-electron chi connectivity index (χ1n) is 7.60. The van der Waals surface area contributed by atoms with E-state index in [1.165, 1.54) is 0 Å². The first-order valence-corrected chi connectivity index (χ1v) is 7.98. The molecule has 0 radical (unpaired) electrons. The Labute approximate surface area is 140 Å². The fourth-order valence-electron chi connectivity index (χ4n) is 2.90. The van der Waals surface area contributed by atoms with Gasteiger partial charge in [-0.25, -0.2) is 0 Å². The summed E-state index contributed by atoms with van der Waals surface area (Å²) in [6.45, 7) is 0.233. The zero-order chi connectivity index (χ0) is 16.2. The van der Waals surface area contributed by atoms with Crippen LogP contribution >= 0.6 is 11.6 Å². The normalized spacial score (nSPS) is 17.6. The van der Waals surface area contributed by atoms with Crippen molar-refractivity contribution in [2.24, 2.45) is 0 Å². The summed E-state index contributed by atoms with van der Waals surface area (Å²) in [4.78, 5) is 14.1. The first kappa shape index (κ1) is 15.8. The minimum Gasteiger partial charge on any atom is -0.491 e. The van der Waals surface area contributed by atoms with Gasteiger partial charge in [0.25, 0.3) is 0 Å². The average molecular weight is 332 g/mol. The molecule has 0 bridgehead atoms. The van der Waals surface area contributed by atoms with Gasteiger partial charge in [0.05, 0.1) is 12.6 Å². The maximum Gasteiger partial charge on any atom is 0.227 e. The van der Waals surface area contributed by atoms with Gasteiger partial charge in [-0.05, 0) is 48.4 Å². The van der Waals surface area contributed by atoms with Gasteiger partial charge in [-0.1, -0.05) is 23.7 Å². The van der Waals surface area contributed by atoms with E-state index >= 15 is 0 Å². The molecule has 0 spiro atoms. The smallest absolute Gasteiger partial charge is 0.227 e. The van der Waals surface area contributed by atoms with E-state index in [-0.39, 0.29) is 25.2 Å². The van der Waals surface area contributed by atoms with E-state index in [9.17, 15) is 4.79 Å². The summed E-state index contributed by atoms with van der Waals surface area (Å²) in [6, 6.07) is 15.0. The molecular weight excluding hydrogens is 314 g/mol. The predicted octanol–water partition coefficient (Wildman–Crippen LogP) is 3.58. The number of amides is 1. The molecule has 3 rings (SSSR count). The molecule has 1 saturated heterocycles. The number of carbonyl (C=O) groups excluding carboxylic acids is 1. The van der Waals surface area contributed by atoms with Crippen LogP contribution in [0.3, 0.4) is 0 Å². The van der Waals surface area contributed by atoms with Crippen LogP contribution in [-0.2, 0) is 4.79 Å². The van der Waals surface area contributed by atoms with Crippen LogP contribution in [0.1, 0.15) is 24.4 Å². The van der Waals surface area contributed by atoms with Crippen molar-refractivity contribution in [2.75, 3.05) is 18.1 Å². The van der Waals surface area contributed by atoms with Crippen molar-refractivity contribution >= 4 is 23.2 Å². The summed E-state index contributed by atoms with van der Waals surface area (Å²) < 4.78 is 5.47. The second-order valence-corrected chi connectivity index (χ2v) is 5.88. The molecule has 5 heteroatoms. The molecule has 0 saturated carbocycles. The Balaban J connectivity index is 1.88. The van der Waals surface area contributed by atoms with E-state index in [2.05, 4.69) is 0 Å². The molecule has 0 aliphatic carbocycles. The van der Waals surface area contributed by atoms with Gasteiger partial charge in [-0.3, -0.25) is 4.79 Å². The lowest BCUT2D eigenvalue weighted by molar-refractivity contribution is -0.117. The second kappa shape index (κ2) is 7.02. The number of benzene rings is 2. The fraction of sp³-hybridized carbons (Fsp3) is 0.278. The van der Waals surface area contributed by atoms with E-state index in [0.29, 0.717) is 17.2 Å². The van der Waals surface area contributed by atoms with Gasteiger partial charge in [-0.2, -0.15) is 0 Å². The standard InChI is InChI=1S/C18H18ClNO3/c19-14-4-6-15(7-5-14)20-17(8-9-18(20)22)13-2-1-3-16(12-13)23-11-10-21/h1-7,12,17,21H,8-11H2/t17-/m1/s1. The Morgan fingerprint density at radius 3 is 2.74 bits per heavy atom. The third-order valence-electron chi connectivity index (χ3n) is 3.92. The second-order valence-electron chi connectivity index (χ2n) is 5.44. The van der Waals surface area contributed by atoms with Crippen molar-refractivity contribution in [3.63, 3.8) is 0 Å². The largest absolute Gasteiger partial charge is 0.491 e. The molecule has 1 atom stereocenters. The molecule has 120 valence electrons. The highest BCUT2D eigenvalue weighted by Gasteiger charge is 2.33. The lowest BCUT2D eigenvalue weighted by Gasteiger charge is -2.25. The minimum atomic E-state index is -0.0248. The Morgan fingerprint density at radius 2 is 2.00 bits per heavy atom. The molecule has 1 fully saturated rings. The Kier molecular flexibility index (Phi) is 4.84. The number of halogens is 1. The molecule has 1 heterocycles. The number of aliphatic hydroxyl groups excluding tert-OH is 1. The number of nitrogens with zero attached hydrogens (tertiary/aromatic N) is 1. The topological polar surface area (TPSA) is 49.8 Å². The van der Waals surface area contributed by atoms with Gasteiger partial charge in [0.15, 0.2) is 0 Å². The van der Waals surface area contributed by atoms with Crippen molar-refractivity contribution in [1.29, 1.82) is 0 Å². The molecule has 1 N–H and O–H groups in total. The summed E-state index contributed by atoms with van der Waals surface area (Å²) in [5, 5.41) is 9.52. The highest BCUT2D eigenvalue weighted by atomic mass is 35.5. The van der Waals surface area contributed by atoms with Crippen molar-refractivity contribution in [1.82, 2.24) is 0 Å². The molecule has 0 aromatic heterocycles. The third-order valence-corrected chi connectivity index (χ3v) is 4.17. The quantitative estimate of drug-likeness (QED) is 0.911. The van der Waals surface area contributed by atoms with Crippen LogP contribution in [0, 0.1) is 0 Å². The minimum absolute atomic E-state index is 0.0126. The van der Waals surface area contributed by atoms with Gasteiger partial charge in [-0.15, -0.1) is 0 Å². The van der Waals surface area contributed by atoms with Crippen molar-refractivity contribution in [2.45, 2.75) is 18.9 Å².